The Kier molecular flexibility index (Phi) is 5.55. The van der Waals surface area contributed by atoms with Gasteiger partial charge in [0.25, 0.3) is 0 Å². The molecule has 0 unspecified atom stereocenters. The third kappa shape index (κ3) is 4.07. The van der Waals surface area contributed by atoms with Gasteiger partial charge in [-0.25, -0.2) is 4.79 Å². The van der Waals surface area contributed by atoms with Crippen LogP contribution in [0.1, 0.15) is 42.1 Å². The normalized spacial score (nSPS) is 18.8. The van der Waals surface area contributed by atoms with Crippen molar-refractivity contribution < 1.29 is 14.3 Å². The number of nitrogens with zero attached hydrogens (tertiary/aromatic N) is 1. The van der Waals surface area contributed by atoms with Gasteiger partial charge in [0.1, 0.15) is 0 Å². The Bertz CT molecular complexity index is 557. The Morgan fingerprint density at radius 2 is 2.14 bits per heavy atom. The molecular formula is C17H24N2O3. The molecule has 2 rings (SSSR count). The summed E-state index contributed by atoms with van der Waals surface area (Å²) >= 11 is 0. The summed E-state index contributed by atoms with van der Waals surface area (Å²) in [5.74, 6) is -0.445. The second kappa shape index (κ2) is 7.40. The van der Waals surface area contributed by atoms with Gasteiger partial charge in [-0.15, -0.1) is 0 Å². The van der Waals surface area contributed by atoms with Gasteiger partial charge in [0.15, 0.2) is 0 Å². The van der Waals surface area contributed by atoms with Crippen molar-refractivity contribution in [1.29, 1.82) is 0 Å². The molecule has 1 aromatic rings. The van der Waals surface area contributed by atoms with Crippen LogP contribution in [0.2, 0.25) is 0 Å². The summed E-state index contributed by atoms with van der Waals surface area (Å²) in [6.07, 6.45) is 3.53. The quantitative estimate of drug-likeness (QED) is 0.869. The van der Waals surface area contributed by atoms with Gasteiger partial charge in [0.05, 0.1) is 19.2 Å². The van der Waals surface area contributed by atoms with Gasteiger partial charge in [-0.05, 0) is 50.9 Å². The fraction of sp³-hybridized carbons (Fsp3) is 0.529. The molecule has 1 aromatic carbocycles. The van der Waals surface area contributed by atoms with Gasteiger partial charge in [-0.3, -0.25) is 9.69 Å². The third-order valence-electron chi connectivity index (χ3n) is 4.22. The summed E-state index contributed by atoms with van der Waals surface area (Å²) in [7, 11) is 1.35. The molecule has 0 aromatic heterocycles. The average Bonchev–Trinajstić information content (AvgIpc) is 2.51. The van der Waals surface area contributed by atoms with E-state index in [9.17, 15) is 9.59 Å². The second-order valence-electron chi connectivity index (χ2n) is 5.88. The van der Waals surface area contributed by atoms with E-state index in [1.165, 1.54) is 13.5 Å². The summed E-state index contributed by atoms with van der Waals surface area (Å²) in [5.41, 5.74) is 2.03. The van der Waals surface area contributed by atoms with Crippen LogP contribution in [-0.4, -0.2) is 43.0 Å². The van der Waals surface area contributed by atoms with E-state index in [2.05, 4.69) is 17.1 Å². The van der Waals surface area contributed by atoms with Crippen LogP contribution in [0.25, 0.3) is 0 Å². The molecular weight excluding hydrogens is 280 g/mol. The molecule has 22 heavy (non-hydrogen) atoms. The lowest BCUT2D eigenvalue weighted by atomic mass is 10.0. The Balaban J connectivity index is 2.03. The van der Waals surface area contributed by atoms with Crippen molar-refractivity contribution in [3.05, 3.63) is 29.3 Å². The average molecular weight is 304 g/mol. The van der Waals surface area contributed by atoms with Crippen molar-refractivity contribution in [2.45, 2.75) is 39.2 Å². The first-order chi connectivity index (χ1) is 10.5. The van der Waals surface area contributed by atoms with Crippen molar-refractivity contribution in [2.24, 2.45) is 0 Å². The first kappa shape index (κ1) is 16.5. The van der Waals surface area contributed by atoms with Crippen LogP contribution in [0, 0.1) is 6.92 Å². The van der Waals surface area contributed by atoms with Crippen LogP contribution in [0.4, 0.5) is 5.69 Å². The number of rotatable bonds is 4. The Labute approximate surface area is 131 Å². The minimum absolute atomic E-state index is 0.0427. The van der Waals surface area contributed by atoms with Crippen molar-refractivity contribution in [2.75, 3.05) is 25.5 Å². The zero-order chi connectivity index (χ0) is 16.1. The minimum Gasteiger partial charge on any atom is -0.465 e. The number of aryl methyl sites for hydroxylation is 1. The number of hydrogen-bond donors (Lipinski definition) is 1. The van der Waals surface area contributed by atoms with E-state index in [0.29, 0.717) is 23.8 Å². The van der Waals surface area contributed by atoms with Gasteiger partial charge < -0.3 is 10.1 Å². The fourth-order valence-corrected chi connectivity index (χ4v) is 2.77. The lowest BCUT2D eigenvalue weighted by Crippen LogP contribution is -2.42. The van der Waals surface area contributed by atoms with E-state index >= 15 is 0 Å². The second-order valence-corrected chi connectivity index (χ2v) is 5.88. The van der Waals surface area contributed by atoms with E-state index in [1.54, 1.807) is 12.1 Å². The monoisotopic (exact) mass is 304 g/mol. The first-order valence-electron chi connectivity index (χ1n) is 7.74. The highest BCUT2D eigenvalue weighted by Crippen LogP contribution is 2.19. The van der Waals surface area contributed by atoms with E-state index in [0.717, 1.165) is 24.9 Å². The SMILES string of the molecule is COC(=O)c1ccc(C)c(NC(=O)CN2CCCC[C@H]2C)c1. The number of benzene rings is 1. The van der Waals surface area contributed by atoms with Crippen LogP contribution in [-0.2, 0) is 9.53 Å². The number of piperidine rings is 1. The molecule has 0 aliphatic carbocycles. The number of amides is 1. The molecule has 1 aliphatic heterocycles. The van der Waals surface area contributed by atoms with Gasteiger partial charge in [-0.2, -0.15) is 0 Å². The Morgan fingerprint density at radius 1 is 1.36 bits per heavy atom. The van der Waals surface area contributed by atoms with Gasteiger partial charge in [0, 0.05) is 11.7 Å². The number of nitrogens with one attached hydrogen (secondary N) is 1. The number of esters is 1. The van der Waals surface area contributed by atoms with E-state index in [-0.39, 0.29) is 5.91 Å². The summed E-state index contributed by atoms with van der Waals surface area (Å²) in [6.45, 7) is 5.43. The lowest BCUT2D eigenvalue weighted by Gasteiger charge is -2.32. The molecule has 0 radical (unpaired) electrons. The standard InChI is InChI=1S/C17H24N2O3/c1-12-7-8-14(17(21)22-3)10-15(12)18-16(20)11-19-9-5-4-6-13(19)2/h7-8,10,13H,4-6,9,11H2,1-3H3,(H,18,20)/t13-/m1/s1. The van der Waals surface area contributed by atoms with E-state index < -0.39 is 5.97 Å². The molecule has 1 saturated heterocycles. The molecule has 1 fully saturated rings. The smallest absolute Gasteiger partial charge is 0.337 e. The predicted octanol–water partition coefficient (Wildman–Crippen LogP) is 2.59. The Hall–Kier alpha value is -1.88. The number of hydrogen-bond acceptors (Lipinski definition) is 4. The van der Waals surface area contributed by atoms with Crippen LogP contribution >= 0.6 is 0 Å². The first-order valence-corrected chi connectivity index (χ1v) is 7.74. The molecule has 1 N–H and O–H groups in total. The molecule has 0 saturated carbocycles. The molecule has 5 heteroatoms. The summed E-state index contributed by atoms with van der Waals surface area (Å²) in [5, 5.41) is 2.91. The summed E-state index contributed by atoms with van der Waals surface area (Å²) < 4.78 is 4.71. The highest BCUT2D eigenvalue weighted by Gasteiger charge is 2.20. The molecule has 1 heterocycles. The van der Waals surface area contributed by atoms with Crippen LogP contribution < -0.4 is 5.32 Å². The summed E-state index contributed by atoms with van der Waals surface area (Å²) in [6, 6.07) is 5.62. The maximum Gasteiger partial charge on any atom is 0.337 e. The Morgan fingerprint density at radius 3 is 2.82 bits per heavy atom. The number of anilines is 1. The maximum absolute atomic E-state index is 12.3. The lowest BCUT2D eigenvalue weighted by molar-refractivity contribution is -0.118. The largest absolute Gasteiger partial charge is 0.465 e. The maximum atomic E-state index is 12.3. The van der Waals surface area contributed by atoms with Crippen LogP contribution in [0.5, 0.6) is 0 Å². The molecule has 1 amide bonds. The van der Waals surface area contributed by atoms with Crippen molar-refractivity contribution in [3.8, 4) is 0 Å². The van der Waals surface area contributed by atoms with Crippen LogP contribution in [0.3, 0.4) is 0 Å². The van der Waals surface area contributed by atoms with E-state index in [4.69, 9.17) is 4.74 Å². The molecule has 5 nitrogen and oxygen atoms in total. The summed E-state index contributed by atoms with van der Waals surface area (Å²) in [4.78, 5) is 26.0. The van der Waals surface area contributed by atoms with Crippen molar-refractivity contribution in [3.63, 3.8) is 0 Å². The van der Waals surface area contributed by atoms with Gasteiger partial charge >= 0.3 is 5.97 Å². The number of carbonyl (C=O) groups is 2. The highest BCUT2D eigenvalue weighted by atomic mass is 16.5. The molecule has 0 spiro atoms. The zero-order valence-electron chi connectivity index (χ0n) is 13.5. The number of likely N-dealkylation sites (tertiary alicyclic amines) is 1. The fourth-order valence-electron chi connectivity index (χ4n) is 2.77. The predicted molar refractivity (Wildman–Crippen MR) is 86.0 cm³/mol. The third-order valence-corrected chi connectivity index (χ3v) is 4.22. The van der Waals surface area contributed by atoms with Crippen LogP contribution in [0.15, 0.2) is 18.2 Å². The minimum atomic E-state index is -0.403. The van der Waals surface area contributed by atoms with Crippen molar-refractivity contribution >= 4 is 17.6 Å². The molecule has 1 aliphatic rings. The number of carbonyl (C=O) groups excluding carboxylic acids is 2. The number of methoxy groups -OCH3 is 1. The van der Waals surface area contributed by atoms with Crippen molar-refractivity contribution in [1.82, 2.24) is 4.90 Å². The molecule has 120 valence electrons. The van der Waals surface area contributed by atoms with Gasteiger partial charge in [0.2, 0.25) is 5.91 Å². The highest BCUT2D eigenvalue weighted by molar-refractivity contribution is 5.96. The van der Waals surface area contributed by atoms with E-state index in [1.807, 2.05) is 13.0 Å². The van der Waals surface area contributed by atoms with Gasteiger partial charge in [-0.1, -0.05) is 12.5 Å². The molecule has 0 bridgehead atoms. The zero-order valence-corrected chi connectivity index (χ0v) is 13.5. The topological polar surface area (TPSA) is 58.6 Å². The number of ether oxygens (including phenoxy) is 1. The molecule has 1 atom stereocenters.